The maximum absolute atomic E-state index is 9.67. The van der Waals surface area contributed by atoms with Crippen molar-refractivity contribution in [1.82, 2.24) is 0 Å². The third-order valence-electron chi connectivity index (χ3n) is 2.77. The highest BCUT2D eigenvalue weighted by molar-refractivity contribution is 7.99. The fraction of sp³-hybridized carbons (Fsp3) is 0.294. The minimum atomic E-state index is -3.67. The molecule has 0 spiro atoms. The summed E-state index contributed by atoms with van der Waals surface area (Å²) in [6.07, 6.45) is 0. The smallest absolute Gasteiger partial charge is 0.494 e. The standard InChI is InChI=1S/C17H20O2S.BF3/c1-4-18-14-8-11-16(19-5-2)17(12-14)20-15-9-6-13(3)7-10-15;2-1(3)4/h6-12H,4-5H2,1-3H3;. The lowest BCUT2D eigenvalue weighted by molar-refractivity contribution is 0.323. The second kappa shape index (κ2) is 10.9. The van der Waals surface area contributed by atoms with Crippen molar-refractivity contribution in [1.29, 1.82) is 0 Å². The second-order valence-electron chi connectivity index (χ2n) is 4.64. The van der Waals surface area contributed by atoms with Crippen LogP contribution < -0.4 is 9.47 Å². The molecule has 0 radical (unpaired) electrons. The van der Waals surface area contributed by atoms with Crippen molar-refractivity contribution >= 4 is 19.3 Å². The lowest BCUT2D eigenvalue weighted by Crippen LogP contribution is -1.96. The van der Waals surface area contributed by atoms with Crippen LogP contribution in [0, 0.1) is 6.92 Å². The quantitative estimate of drug-likeness (QED) is 0.608. The van der Waals surface area contributed by atoms with Crippen LogP contribution in [0.1, 0.15) is 19.4 Å². The molecule has 2 nitrogen and oxygen atoms in total. The van der Waals surface area contributed by atoms with Crippen LogP contribution in [0.2, 0.25) is 0 Å². The molecule has 2 aromatic carbocycles. The van der Waals surface area contributed by atoms with Gasteiger partial charge in [-0.1, -0.05) is 29.5 Å². The lowest BCUT2D eigenvalue weighted by atomic mass is 10.2. The third-order valence-corrected chi connectivity index (χ3v) is 3.82. The fourth-order valence-corrected chi connectivity index (χ4v) is 2.76. The summed E-state index contributed by atoms with van der Waals surface area (Å²) >= 11 is 1.70. The maximum atomic E-state index is 9.67. The Kier molecular flexibility index (Phi) is 9.23. The van der Waals surface area contributed by atoms with Crippen LogP contribution in [0.3, 0.4) is 0 Å². The highest BCUT2D eigenvalue weighted by Gasteiger charge is 2.08. The maximum Gasteiger partial charge on any atom is 0.762 e. The Bertz CT molecular complexity index is 607. The largest absolute Gasteiger partial charge is 0.762 e. The van der Waals surface area contributed by atoms with E-state index in [1.165, 1.54) is 10.5 Å². The minimum Gasteiger partial charge on any atom is -0.494 e. The summed E-state index contributed by atoms with van der Waals surface area (Å²) in [7, 11) is -3.67. The molecule has 7 heteroatoms. The van der Waals surface area contributed by atoms with E-state index in [0.29, 0.717) is 13.2 Å². The summed E-state index contributed by atoms with van der Waals surface area (Å²) in [5, 5.41) is 0. The molecule has 0 bridgehead atoms. The number of ether oxygens (including phenoxy) is 2. The van der Waals surface area contributed by atoms with E-state index in [1.807, 2.05) is 32.0 Å². The summed E-state index contributed by atoms with van der Waals surface area (Å²) in [5.74, 6) is 1.78. The SMILES string of the molecule is CCOc1ccc(OCC)c(Sc2ccc(C)cc2)c1.FB(F)F. The summed E-state index contributed by atoms with van der Waals surface area (Å²) in [6, 6.07) is 14.5. The molecule has 0 aliphatic heterocycles. The first-order valence-corrected chi connectivity index (χ1v) is 8.34. The van der Waals surface area contributed by atoms with Gasteiger partial charge < -0.3 is 9.47 Å². The highest BCUT2D eigenvalue weighted by atomic mass is 32.2. The van der Waals surface area contributed by atoms with E-state index in [4.69, 9.17) is 9.47 Å². The second-order valence-corrected chi connectivity index (χ2v) is 5.75. The van der Waals surface area contributed by atoms with Gasteiger partial charge in [-0.05, 0) is 51.1 Å². The predicted molar refractivity (Wildman–Crippen MR) is 93.2 cm³/mol. The van der Waals surface area contributed by atoms with Crippen molar-refractivity contribution in [3.8, 4) is 11.5 Å². The van der Waals surface area contributed by atoms with Gasteiger partial charge in [-0.25, -0.2) is 0 Å². The number of hydrogen-bond acceptors (Lipinski definition) is 3. The van der Waals surface area contributed by atoms with Crippen molar-refractivity contribution in [3.05, 3.63) is 48.0 Å². The monoisotopic (exact) mass is 356 g/mol. The van der Waals surface area contributed by atoms with E-state index in [9.17, 15) is 12.9 Å². The van der Waals surface area contributed by atoms with Crippen LogP contribution >= 0.6 is 11.8 Å². The van der Waals surface area contributed by atoms with Gasteiger partial charge in [-0.3, -0.25) is 12.9 Å². The number of hydrogen-bond donors (Lipinski definition) is 0. The lowest BCUT2D eigenvalue weighted by Gasteiger charge is -2.12. The zero-order valence-electron chi connectivity index (χ0n) is 13.9. The molecule has 0 atom stereocenters. The van der Waals surface area contributed by atoms with Gasteiger partial charge >= 0.3 is 7.54 Å². The van der Waals surface area contributed by atoms with Gasteiger partial charge in [0.1, 0.15) is 11.5 Å². The Morgan fingerprint density at radius 1 is 0.917 bits per heavy atom. The molecule has 0 saturated heterocycles. The van der Waals surface area contributed by atoms with E-state index in [-0.39, 0.29) is 0 Å². The van der Waals surface area contributed by atoms with Gasteiger partial charge in [0, 0.05) is 4.90 Å². The first-order chi connectivity index (χ1) is 11.5. The van der Waals surface area contributed by atoms with Gasteiger partial charge in [-0.15, -0.1) is 0 Å². The van der Waals surface area contributed by atoms with Gasteiger partial charge in [-0.2, -0.15) is 0 Å². The topological polar surface area (TPSA) is 18.5 Å². The molecule has 0 fully saturated rings. The van der Waals surface area contributed by atoms with Crippen LogP contribution in [0.4, 0.5) is 12.9 Å². The molecule has 0 aliphatic carbocycles. The minimum absolute atomic E-state index is 0.662. The highest BCUT2D eigenvalue weighted by Crippen LogP contribution is 2.37. The van der Waals surface area contributed by atoms with Crippen molar-refractivity contribution in [2.45, 2.75) is 30.6 Å². The number of rotatable bonds is 6. The van der Waals surface area contributed by atoms with E-state index >= 15 is 0 Å². The van der Waals surface area contributed by atoms with Crippen molar-refractivity contribution in [3.63, 3.8) is 0 Å². The normalized spacial score (nSPS) is 9.75. The molecule has 0 aromatic heterocycles. The molecule has 0 amide bonds. The van der Waals surface area contributed by atoms with E-state index in [0.717, 1.165) is 16.4 Å². The Labute approximate surface area is 145 Å². The van der Waals surface area contributed by atoms with Crippen LogP contribution in [0.25, 0.3) is 0 Å². The van der Waals surface area contributed by atoms with Gasteiger partial charge in [0.15, 0.2) is 0 Å². The van der Waals surface area contributed by atoms with Crippen LogP contribution in [-0.2, 0) is 0 Å². The third kappa shape index (κ3) is 7.68. The Balaban J connectivity index is 0.000000648. The predicted octanol–water partition coefficient (Wildman–Crippen LogP) is 5.82. The Morgan fingerprint density at radius 3 is 2.04 bits per heavy atom. The molecule has 0 saturated carbocycles. The van der Waals surface area contributed by atoms with E-state index in [2.05, 4.69) is 31.2 Å². The number of aryl methyl sites for hydroxylation is 1. The van der Waals surface area contributed by atoms with Gasteiger partial charge in [0.2, 0.25) is 0 Å². The van der Waals surface area contributed by atoms with Crippen LogP contribution in [-0.4, -0.2) is 20.8 Å². The molecule has 24 heavy (non-hydrogen) atoms. The molecule has 0 heterocycles. The average molecular weight is 356 g/mol. The van der Waals surface area contributed by atoms with E-state index in [1.54, 1.807) is 11.8 Å². The first-order valence-electron chi connectivity index (χ1n) is 7.52. The summed E-state index contributed by atoms with van der Waals surface area (Å²) in [4.78, 5) is 2.28. The molecule has 130 valence electrons. The average Bonchev–Trinajstić information content (AvgIpc) is 2.52. The Hall–Kier alpha value is -1.76. The first kappa shape index (κ1) is 20.3. The van der Waals surface area contributed by atoms with Crippen LogP contribution in [0.15, 0.2) is 52.3 Å². The number of benzene rings is 2. The molecule has 0 aliphatic rings. The van der Waals surface area contributed by atoms with Crippen LogP contribution in [0.5, 0.6) is 11.5 Å². The zero-order chi connectivity index (χ0) is 17.9. The molecular weight excluding hydrogens is 336 g/mol. The van der Waals surface area contributed by atoms with Gasteiger partial charge in [0.25, 0.3) is 0 Å². The van der Waals surface area contributed by atoms with E-state index < -0.39 is 7.54 Å². The Morgan fingerprint density at radius 2 is 1.50 bits per heavy atom. The van der Waals surface area contributed by atoms with Gasteiger partial charge in [0.05, 0.1) is 18.1 Å². The van der Waals surface area contributed by atoms with Crippen molar-refractivity contribution < 1.29 is 22.4 Å². The molecular formula is C17H20BF3O2S. The molecule has 0 N–H and O–H groups in total. The summed E-state index contributed by atoms with van der Waals surface area (Å²) < 4.78 is 40.3. The summed E-state index contributed by atoms with van der Waals surface area (Å²) in [6.45, 7) is 7.41. The summed E-state index contributed by atoms with van der Waals surface area (Å²) in [5.41, 5.74) is 1.27. The number of halogens is 3. The molecule has 2 rings (SSSR count). The fourth-order valence-electron chi connectivity index (χ4n) is 1.83. The molecule has 0 unspecified atom stereocenters. The zero-order valence-corrected chi connectivity index (χ0v) is 14.7. The molecule has 2 aromatic rings. The van der Waals surface area contributed by atoms with Crippen molar-refractivity contribution in [2.75, 3.05) is 13.2 Å². The van der Waals surface area contributed by atoms with Crippen molar-refractivity contribution in [2.24, 2.45) is 0 Å².